The Bertz CT molecular complexity index is 1600. The van der Waals surface area contributed by atoms with E-state index < -0.39 is 0 Å². The van der Waals surface area contributed by atoms with Crippen molar-refractivity contribution in [3.05, 3.63) is 107 Å². The number of oxazole rings is 1. The van der Waals surface area contributed by atoms with Crippen molar-refractivity contribution in [1.82, 2.24) is 14.8 Å². The van der Waals surface area contributed by atoms with Gasteiger partial charge >= 0.3 is 0 Å². The number of ether oxygens (including phenoxy) is 1. The Morgan fingerprint density at radius 1 is 0.796 bits per heavy atom. The molecule has 2 unspecified atom stereocenters. The van der Waals surface area contributed by atoms with Gasteiger partial charge in [-0.2, -0.15) is 0 Å². The van der Waals surface area contributed by atoms with Crippen LogP contribution in [-0.4, -0.2) is 75.3 Å². The van der Waals surface area contributed by atoms with Crippen LogP contribution in [0.15, 0.2) is 83.3 Å². The second-order valence-corrected chi connectivity index (χ2v) is 14.9. The van der Waals surface area contributed by atoms with Gasteiger partial charge in [-0.05, 0) is 112 Å². The number of halogens is 1. The minimum atomic E-state index is 0.165. The van der Waals surface area contributed by atoms with Crippen molar-refractivity contribution in [1.29, 1.82) is 0 Å². The third kappa shape index (κ3) is 7.79. The maximum Gasteiger partial charge on any atom is 0.219 e. The number of methoxy groups -OCH3 is 1. The Kier molecular flexibility index (Phi) is 10.8. The molecule has 4 aromatic rings. The van der Waals surface area contributed by atoms with Gasteiger partial charge < -0.3 is 23.9 Å². The molecule has 260 valence electrons. The molecular weight excluding hydrogens is 630 g/mol. The first kappa shape index (κ1) is 34.0. The molecular formula is C41H52ClN5O2. The molecule has 0 radical (unpaired) electrons. The predicted molar refractivity (Wildman–Crippen MR) is 200 cm³/mol. The summed E-state index contributed by atoms with van der Waals surface area (Å²) in [6.07, 6.45) is 7.93. The van der Waals surface area contributed by atoms with Crippen LogP contribution in [-0.2, 0) is 6.42 Å². The van der Waals surface area contributed by atoms with Crippen molar-refractivity contribution in [2.24, 2.45) is 11.8 Å². The summed E-state index contributed by atoms with van der Waals surface area (Å²) in [7, 11) is 6.16. The van der Waals surface area contributed by atoms with E-state index in [1.807, 2.05) is 12.1 Å². The van der Waals surface area contributed by atoms with Crippen molar-refractivity contribution in [3.63, 3.8) is 0 Å². The zero-order valence-electron chi connectivity index (χ0n) is 29.4. The number of hydrogen-bond donors (Lipinski definition) is 0. The summed E-state index contributed by atoms with van der Waals surface area (Å²) in [5.41, 5.74) is 4.99. The Hall–Kier alpha value is -3.52. The van der Waals surface area contributed by atoms with Crippen molar-refractivity contribution >= 4 is 23.2 Å². The van der Waals surface area contributed by atoms with Gasteiger partial charge in [0.2, 0.25) is 11.8 Å². The Morgan fingerprint density at radius 2 is 1.45 bits per heavy atom. The fraction of sp³-hybridized carbons (Fsp3) is 0.488. The van der Waals surface area contributed by atoms with Crippen LogP contribution in [0.1, 0.15) is 73.3 Å². The van der Waals surface area contributed by atoms with Gasteiger partial charge in [-0.1, -0.05) is 54.1 Å². The van der Waals surface area contributed by atoms with Crippen molar-refractivity contribution in [2.75, 3.05) is 70.3 Å². The molecule has 0 bridgehead atoms. The van der Waals surface area contributed by atoms with Gasteiger partial charge in [0, 0.05) is 62.4 Å². The molecule has 2 aliphatic heterocycles. The van der Waals surface area contributed by atoms with E-state index in [9.17, 15) is 0 Å². The lowest BCUT2D eigenvalue weighted by molar-refractivity contribution is 0.0641. The first-order chi connectivity index (χ1) is 24.0. The zero-order chi connectivity index (χ0) is 33.7. The van der Waals surface area contributed by atoms with Crippen LogP contribution < -0.4 is 14.5 Å². The summed E-state index contributed by atoms with van der Waals surface area (Å²) in [6.45, 7) is 6.02. The number of benzene rings is 3. The van der Waals surface area contributed by atoms with E-state index in [2.05, 4.69) is 100 Å². The quantitative estimate of drug-likeness (QED) is 0.157. The van der Waals surface area contributed by atoms with E-state index in [1.165, 1.54) is 55.3 Å². The maximum absolute atomic E-state index is 6.99. The molecule has 3 aliphatic rings. The second-order valence-electron chi connectivity index (χ2n) is 14.5. The van der Waals surface area contributed by atoms with E-state index >= 15 is 0 Å². The van der Waals surface area contributed by atoms with Crippen LogP contribution in [0.25, 0.3) is 0 Å². The molecule has 2 saturated heterocycles. The average molecular weight is 682 g/mol. The number of hydrogen-bond acceptors (Lipinski definition) is 7. The largest absolute Gasteiger partial charge is 0.497 e. The number of aromatic nitrogens is 1. The van der Waals surface area contributed by atoms with Gasteiger partial charge in [0.15, 0.2) is 0 Å². The molecule has 0 amide bonds. The summed E-state index contributed by atoms with van der Waals surface area (Å²) in [6, 6.07) is 28.3. The fourth-order valence-electron chi connectivity index (χ4n) is 8.70. The van der Waals surface area contributed by atoms with Gasteiger partial charge in [-0.25, -0.2) is 4.98 Å². The summed E-state index contributed by atoms with van der Waals surface area (Å²) in [5, 5.41) is 0.797. The topological polar surface area (TPSA) is 48.2 Å². The highest BCUT2D eigenvalue weighted by molar-refractivity contribution is 6.30. The summed E-state index contributed by atoms with van der Waals surface area (Å²) >= 11 is 6.28. The number of nitrogens with zero attached hydrogens (tertiary/aromatic N) is 5. The van der Waals surface area contributed by atoms with E-state index in [0.29, 0.717) is 17.9 Å². The molecule has 7 rings (SSSR count). The zero-order valence-corrected chi connectivity index (χ0v) is 30.2. The molecule has 49 heavy (non-hydrogen) atoms. The van der Waals surface area contributed by atoms with Gasteiger partial charge in [0.25, 0.3) is 0 Å². The highest BCUT2D eigenvalue weighted by Gasteiger charge is 2.40. The average Bonchev–Trinajstić information content (AvgIpc) is 3.81. The predicted octanol–water partition coefficient (Wildman–Crippen LogP) is 8.50. The molecule has 2 atom stereocenters. The van der Waals surface area contributed by atoms with Gasteiger partial charge in [-0.15, -0.1) is 0 Å². The standard InChI is InChI=1S/C41H52ClN5O2/c1-44(2)38(32-15-17-34(42)18-16-32)31-11-13-33(14-12-31)39(46-27-25-45(26-28-46)35-19-21-36(48-3)22-20-35)40-43-37(29-30-9-5-4-6-10-30)41(49-40)47-23-7-8-24-47/h4-6,9-10,15-22,31,33,38-39H,7-8,11-14,23-29H2,1-3H3. The molecule has 0 spiro atoms. The van der Waals surface area contributed by atoms with Crippen LogP contribution in [0.4, 0.5) is 11.6 Å². The van der Waals surface area contributed by atoms with E-state index in [4.69, 9.17) is 25.7 Å². The molecule has 1 aromatic heterocycles. The van der Waals surface area contributed by atoms with E-state index in [1.54, 1.807) is 7.11 Å². The number of piperazine rings is 1. The lowest BCUT2D eigenvalue weighted by Gasteiger charge is -2.44. The van der Waals surface area contributed by atoms with E-state index in [0.717, 1.165) is 73.9 Å². The molecule has 8 heteroatoms. The van der Waals surface area contributed by atoms with Crippen molar-refractivity contribution < 1.29 is 9.15 Å². The van der Waals surface area contributed by atoms with Crippen LogP contribution in [0.5, 0.6) is 5.75 Å². The van der Waals surface area contributed by atoms with Gasteiger partial charge in [-0.3, -0.25) is 4.90 Å². The second kappa shape index (κ2) is 15.6. The van der Waals surface area contributed by atoms with Crippen molar-refractivity contribution in [2.45, 2.75) is 57.0 Å². The summed E-state index contributed by atoms with van der Waals surface area (Å²) in [4.78, 5) is 15.5. The fourth-order valence-corrected chi connectivity index (χ4v) is 8.82. The lowest BCUT2D eigenvalue weighted by atomic mass is 9.73. The first-order valence-electron chi connectivity index (χ1n) is 18.3. The smallest absolute Gasteiger partial charge is 0.219 e. The molecule has 1 aliphatic carbocycles. The van der Waals surface area contributed by atoms with Crippen LogP contribution in [0.2, 0.25) is 5.02 Å². The monoisotopic (exact) mass is 681 g/mol. The third-order valence-corrected chi connectivity index (χ3v) is 11.4. The summed E-state index contributed by atoms with van der Waals surface area (Å²) in [5.74, 6) is 3.91. The highest BCUT2D eigenvalue weighted by atomic mass is 35.5. The van der Waals surface area contributed by atoms with Crippen molar-refractivity contribution in [3.8, 4) is 5.75 Å². The Morgan fingerprint density at radius 3 is 2.08 bits per heavy atom. The van der Waals surface area contributed by atoms with Crippen LogP contribution >= 0.6 is 11.6 Å². The highest BCUT2D eigenvalue weighted by Crippen LogP contribution is 2.46. The Labute approximate surface area is 297 Å². The Balaban J connectivity index is 1.15. The summed E-state index contributed by atoms with van der Waals surface area (Å²) < 4.78 is 12.4. The molecule has 3 fully saturated rings. The van der Waals surface area contributed by atoms with Crippen LogP contribution in [0, 0.1) is 11.8 Å². The molecule has 3 heterocycles. The molecule has 1 saturated carbocycles. The minimum Gasteiger partial charge on any atom is -0.497 e. The van der Waals surface area contributed by atoms with Gasteiger partial charge in [0.1, 0.15) is 11.4 Å². The molecule has 3 aromatic carbocycles. The third-order valence-electron chi connectivity index (χ3n) is 11.2. The van der Waals surface area contributed by atoms with Gasteiger partial charge in [0.05, 0.1) is 13.2 Å². The molecule has 7 nitrogen and oxygen atoms in total. The maximum atomic E-state index is 6.99. The lowest BCUT2D eigenvalue weighted by Crippen LogP contribution is -2.49. The number of rotatable bonds is 11. The van der Waals surface area contributed by atoms with E-state index in [-0.39, 0.29) is 6.04 Å². The number of anilines is 2. The first-order valence-corrected chi connectivity index (χ1v) is 18.7. The normalized spacial score (nSPS) is 21.7. The SMILES string of the molecule is COc1ccc(N2CCN(C(c3nc(Cc4ccccc4)c(N4CCCC4)o3)C3CCC(C(c4ccc(Cl)cc4)N(C)C)CC3)CC2)cc1. The minimum absolute atomic E-state index is 0.165. The molecule has 0 N–H and O–H groups in total. The van der Waals surface area contributed by atoms with Crippen LogP contribution in [0.3, 0.4) is 0 Å².